The van der Waals surface area contributed by atoms with E-state index in [-0.39, 0.29) is 5.41 Å². The number of rotatable bonds is 4. The summed E-state index contributed by atoms with van der Waals surface area (Å²) in [4.78, 5) is 0.381. The number of sulfone groups is 1. The van der Waals surface area contributed by atoms with Gasteiger partial charge in [-0.2, -0.15) is 0 Å². The van der Waals surface area contributed by atoms with Crippen LogP contribution in [0.4, 0.5) is 0 Å². The van der Waals surface area contributed by atoms with Crippen LogP contribution >= 0.6 is 0 Å². The van der Waals surface area contributed by atoms with Gasteiger partial charge in [-0.05, 0) is 31.5 Å². The first-order chi connectivity index (χ1) is 7.71. The van der Waals surface area contributed by atoms with Crippen LogP contribution in [0.1, 0.15) is 33.3 Å². The van der Waals surface area contributed by atoms with Crippen LogP contribution in [0, 0.1) is 0 Å². The maximum absolute atomic E-state index is 12.1. The third-order valence-corrected chi connectivity index (χ3v) is 5.23. The predicted molar refractivity (Wildman–Crippen MR) is 70.8 cm³/mol. The molecule has 0 amide bonds. The smallest absolute Gasteiger partial charge is 0.180 e. The Bertz CT molecular complexity index is 490. The van der Waals surface area contributed by atoms with Crippen LogP contribution in [-0.2, 0) is 15.3 Å². The van der Waals surface area contributed by atoms with Crippen LogP contribution < -0.4 is 5.73 Å². The number of nitrogens with two attached hydrogens (primary N) is 1. The molecule has 1 aromatic rings. The maximum Gasteiger partial charge on any atom is 0.180 e. The molecule has 96 valence electrons. The minimum atomic E-state index is -3.21. The van der Waals surface area contributed by atoms with Gasteiger partial charge in [0.2, 0.25) is 0 Å². The van der Waals surface area contributed by atoms with E-state index in [4.69, 9.17) is 5.73 Å². The molecule has 1 aromatic carbocycles. The van der Waals surface area contributed by atoms with E-state index in [1.54, 1.807) is 32.0 Å². The fourth-order valence-electron chi connectivity index (χ4n) is 1.48. The summed E-state index contributed by atoms with van der Waals surface area (Å²) in [5.74, 6) is 0. The van der Waals surface area contributed by atoms with Crippen molar-refractivity contribution < 1.29 is 8.42 Å². The van der Waals surface area contributed by atoms with Crippen molar-refractivity contribution in [2.45, 2.75) is 43.3 Å². The van der Waals surface area contributed by atoms with Gasteiger partial charge < -0.3 is 5.73 Å². The number of hydrogen-bond acceptors (Lipinski definition) is 3. The average Bonchev–Trinajstić information content (AvgIpc) is 2.29. The Labute approximate surface area is 104 Å². The van der Waals surface area contributed by atoms with E-state index in [0.29, 0.717) is 11.4 Å². The van der Waals surface area contributed by atoms with E-state index in [0.717, 1.165) is 5.56 Å². The molecule has 2 N–H and O–H groups in total. The minimum absolute atomic E-state index is 0.206. The Hall–Kier alpha value is -0.870. The predicted octanol–water partition coefficient (Wildman–Crippen LogP) is 2.11. The average molecular weight is 255 g/mol. The van der Waals surface area contributed by atoms with Gasteiger partial charge in [0.25, 0.3) is 0 Å². The Morgan fingerprint density at radius 3 is 2.35 bits per heavy atom. The molecule has 0 radical (unpaired) electrons. The van der Waals surface area contributed by atoms with E-state index >= 15 is 0 Å². The second kappa shape index (κ2) is 4.78. The van der Waals surface area contributed by atoms with Gasteiger partial charge in [-0.1, -0.05) is 26.0 Å². The highest BCUT2D eigenvalue weighted by molar-refractivity contribution is 7.92. The molecule has 0 fully saturated rings. The Morgan fingerprint density at radius 1 is 1.29 bits per heavy atom. The zero-order valence-corrected chi connectivity index (χ0v) is 11.7. The Balaban J connectivity index is 3.29. The second-order valence-corrected chi connectivity index (χ2v) is 7.71. The molecular weight excluding hydrogens is 234 g/mol. The summed E-state index contributed by atoms with van der Waals surface area (Å²) < 4.78 is 24.1. The van der Waals surface area contributed by atoms with Crippen LogP contribution in [0.3, 0.4) is 0 Å². The molecule has 0 atom stereocenters. The van der Waals surface area contributed by atoms with Crippen LogP contribution in [0.2, 0.25) is 0 Å². The van der Waals surface area contributed by atoms with Crippen molar-refractivity contribution in [1.82, 2.24) is 0 Å². The molecule has 17 heavy (non-hydrogen) atoms. The molecule has 0 aliphatic carbocycles. The summed E-state index contributed by atoms with van der Waals surface area (Å²) in [5, 5.41) is -0.404. The highest BCUT2D eigenvalue weighted by Gasteiger charge is 2.23. The lowest BCUT2D eigenvalue weighted by atomic mass is 9.85. The fraction of sp³-hybridized carbons (Fsp3) is 0.538. The number of benzene rings is 1. The van der Waals surface area contributed by atoms with Crippen LogP contribution in [0.25, 0.3) is 0 Å². The topological polar surface area (TPSA) is 60.2 Å². The molecule has 3 nitrogen and oxygen atoms in total. The molecule has 1 rings (SSSR count). The van der Waals surface area contributed by atoms with E-state index in [1.165, 1.54) is 0 Å². The van der Waals surface area contributed by atoms with Crippen molar-refractivity contribution >= 4 is 9.84 Å². The molecule has 4 heteroatoms. The van der Waals surface area contributed by atoms with Crippen molar-refractivity contribution in [1.29, 1.82) is 0 Å². The normalized spacial score (nSPS) is 13.1. The van der Waals surface area contributed by atoms with Crippen molar-refractivity contribution in [3.8, 4) is 0 Å². The maximum atomic E-state index is 12.1. The van der Waals surface area contributed by atoms with E-state index in [1.807, 2.05) is 19.9 Å². The standard InChI is InChI=1S/C13H21NO2S/c1-10(2)17(15,16)12-7-5-6-11(8-12)13(3,4)9-14/h5-8,10H,9,14H2,1-4H3. The first-order valence-corrected chi connectivity index (χ1v) is 7.31. The van der Waals surface area contributed by atoms with E-state index < -0.39 is 15.1 Å². The summed E-state index contributed by atoms with van der Waals surface area (Å²) in [6.45, 7) is 7.88. The SMILES string of the molecule is CC(C)S(=O)(=O)c1cccc(C(C)(C)CN)c1. The molecule has 0 unspecified atom stereocenters. The zero-order chi connectivity index (χ0) is 13.3. The van der Waals surface area contributed by atoms with Gasteiger partial charge in [0.15, 0.2) is 9.84 Å². The van der Waals surface area contributed by atoms with Gasteiger partial charge in [-0.15, -0.1) is 0 Å². The molecule has 0 spiro atoms. The molecule has 0 bridgehead atoms. The molecule has 0 aliphatic rings. The van der Waals surface area contributed by atoms with Crippen LogP contribution in [-0.4, -0.2) is 20.2 Å². The lowest BCUT2D eigenvalue weighted by Gasteiger charge is -2.23. The zero-order valence-electron chi connectivity index (χ0n) is 10.9. The molecule has 0 heterocycles. The first kappa shape index (κ1) is 14.2. The van der Waals surface area contributed by atoms with Crippen molar-refractivity contribution in [3.05, 3.63) is 29.8 Å². The third kappa shape index (κ3) is 2.87. The van der Waals surface area contributed by atoms with Crippen LogP contribution in [0.15, 0.2) is 29.2 Å². The summed E-state index contributed by atoms with van der Waals surface area (Å²) in [5.41, 5.74) is 6.46. The molecular formula is C13H21NO2S. The van der Waals surface area contributed by atoms with Gasteiger partial charge in [-0.25, -0.2) is 8.42 Å². The highest BCUT2D eigenvalue weighted by atomic mass is 32.2. The number of hydrogen-bond donors (Lipinski definition) is 1. The lowest BCUT2D eigenvalue weighted by molar-refractivity contribution is 0.537. The fourth-order valence-corrected chi connectivity index (χ4v) is 2.59. The Kier molecular flexibility index (Phi) is 3.99. The van der Waals surface area contributed by atoms with E-state index in [9.17, 15) is 8.42 Å². The van der Waals surface area contributed by atoms with E-state index in [2.05, 4.69) is 0 Å². The first-order valence-electron chi connectivity index (χ1n) is 5.76. The highest BCUT2D eigenvalue weighted by Crippen LogP contribution is 2.25. The molecule has 0 aliphatic heterocycles. The second-order valence-electron chi connectivity index (χ2n) is 5.21. The summed E-state index contributed by atoms with van der Waals surface area (Å²) in [6, 6.07) is 7.09. The molecule has 0 aromatic heterocycles. The largest absolute Gasteiger partial charge is 0.330 e. The summed E-state index contributed by atoms with van der Waals surface area (Å²) in [6.07, 6.45) is 0. The van der Waals surface area contributed by atoms with Crippen molar-refractivity contribution in [3.63, 3.8) is 0 Å². The van der Waals surface area contributed by atoms with Crippen molar-refractivity contribution in [2.24, 2.45) is 5.73 Å². The molecule has 0 saturated carbocycles. The lowest BCUT2D eigenvalue weighted by Crippen LogP contribution is -2.28. The van der Waals surface area contributed by atoms with Gasteiger partial charge in [0.05, 0.1) is 10.1 Å². The quantitative estimate of drug-likeness (QED) is 0.896. The minimum Gasteiger partial charge on any atom is -0.330 e. The van der Waals surface area contributed by atoms with Gasteiger partial charge in [-0.3, -0.25) is 0 Å². The van der Waals surface area contributed by atoms with Crippen molar-refractivity contribution in [2.75, 3.05) is 6.54 Å². The third-order valence-electron chi connectivity index (χ3n) is 3.07. The van der Waals surface area contributed by atoms with Gasteiger partial charge in [0.1, 0.15) is 0 Å². The summed E-state index contributed by atoms with van der Waals surface area (Å²) >= 11 is 0. The summed E-state index contributed by atoms with van der Waals surface area (Å²) in [7, 11) is -3.21. The molecule has 0 saturated heterocycles. The Morgan fingerprint density at radius 2 is 1.88 bits per heavy atom. The monoisotopic (exact) mass is 255 g/mol. The van der Waals surface area contributed by atoms with Gasteiger partial charge >= 0.3 is 0 Å². The van der Waals surface area contributed by atoms with Crippen LogP contribution in [0.5, 0.6) is 0 Å². The van der Waals surface area contributed by atoms with Gasteiger partial charge in [0, 0.05) is 12.0 Å².